The van der Waals surface area contributed by atoms with Gasteiger partial charge in [-0.25, -0.2) is 0 Å². The molecule has 96 valence electrons. The molecule has 0 radical (unpaired) electrons. The Labute approximate surface area is 106 Å². The molecule has 1 aromatic rings. The highest BCUT2D eigenvalue weighted by molar-refractivity contribution is 5.79. The highest BCUT2D eigenvalue weighted by Gasteiger charge is 2.24. The second-order valence-corrected chi connectivity index (χ2v) is 5.17. The second kappa shape index (κ2) is 5.06. The van der Waals surface area contributed by atoms with Crippen LogP contribution >= 0.6 is 0 Å². The van der Waals surface area contributed by atoms with E-state index in [0.29, 0.717) is 13.2 Å². The van der Waals surface area contributed by atoms with Gasteiger partial charge in [-0.2, -0.15) is 4.99 Å². The molecular formula is C14H18N2O2. The minimum atomic E-state index is -0.0421. The molecule has 0 N–H and O–H groups in total. The zero-order valence-corrected chi connectivity index (χ0v) is 10.4. The number of carbonyl (C=O) groups is 1. The zero-order chi connectivity index (χ0) is 12.4. The van der Waals surface area contributed by atoms with Crippen LogP contribution in [-0.4, -0.2) is 23.7 Å². The molecule has 1 atom stereocenters. The smallest absolute Gasteiger partial charge is 0.253 e. The molecule has 2 fully saturated rings. The van der Waals surface area contributed by atoms with E-state index in [1.54, 1.807) is 0 Å². The molecule has 3 rings (SSSR count). The van der Waals surface area contributed by atoms with E-state index >= 15 is 0 Å². The number of amides is 1. The monoisotopic (exact) mass is 246 g/mol. The number of aromatic nitrogens is 1. The number of rotatable bonds is 3. The van der Waals surface area contributed by atoms with Crippen molar-refractivity contribution in [3.05, 3.63) is 29.9 Å². The van der Waals surface area contributed by atoms with Crippen LogP contribution in [0, 0.1) is 11.8 Å². The average Bonchev–Trinajstić information content (AvgIpc) is 3.02. The van der Waals surface area contributed by atoms with Crippen molar-refractivity contribution >= 4 is 5.91 Å². The Morgan fingerprint density at radius 2 is 2.28 bits per heavy atom. The number of carbonyl (C=O) groups excluding carboxylic acids is 1. The molecule has 1 saturated carbocycles. The number of ether oxygens (including phenoxy) is 1. The second-order valence-electron chi connectivity index (χ2n) is 5.17. The molecule has 1 aliphatic heterocycles. The molecule has 0 aromatic carbocycles. The molecule has 1 amide bonds. The van der Waals surface area contributed by atoms with E-state index in [4.69, 9.17) is 4.74 Å². The van der Waals surface area contributed by atoms with E-state index in [1.165, 1.54) is 12.8 Å². The summed E-state index contributed by atoms with van der Waals surface area (Å²) in [5, 5.41) is 0. The molecule has 1 aliphatic carbocycles. The molecule has 1 unspecified atom stereocenters. The predicted octanol–water partition coefficient (Wildman–Crippen LogP) is 1.36. The summed E-state index contributed by atoms with van der Waals surface area (Å²) in [4.78, 5) is 16.3. The zero-order valence-electron chi connectivity index (χ0n) is 10.4. The van der Waals surface area contributed by atoms with Crippen LogP contribution in [-0.2, 0) is 16.1 Å². The minimum Gasteiger partial charge on any atom is -0.381 e. The van der Waals surface area contributed by atoms with Crippen molar-refractivity contribution in [2.75, 3.05) is 13.2 Å². The van der Waals surface area contributed by atoms with Crippen LogP contribution in [0.5, 0.6) is 0 Å². The lowest BCUT2D eigenvalue weighted by Gasteiger charge is -2.06. The van der Waals surface area contributed by atoms with Gasteiger partial charge in [0.05, 0.1) is 12.5 Å². The molecule has 1 aromatic heterocycles. The summed E-state index contributed by atoms with van der Waals surface area (Å²) in [5.74, 6) is 0.694. The summed E-state index contributed by atoms with van der Waals surface area (Å²) in [7, 11) is 0. The first-order valence-corrected chi connectivity index (χ1v) is 6.65. The Hall–Kier alpha value is -1.42. The summed E-state index contributed by atoms with van der Waals surface area (Å²) in [5.41, 5.74) is 0.779. The number of nitrogens with zero attached hydrogens (tertiary/aromatic N) is 2. The topological polar surface area (TPSA) is 43.6 Å². The van der Waals surface area contributed by atoms with E-state index in [-0.39, 0.29) is 11.8 Å². The van der Waals surface area contributed by atoms with Crippen molar-refractivity contribution in [1.82, 2.24) is 4.57 Å². The largest absolute Gasteiger partial charge is 0.381 e. The first-order chi connectivity index (χ1) is 8.83. The fourth-order valence-corrected chi connectivity index (χ4v) is 2.24. The normalized spacial score (nSPS) is 24.4. The van der Waals surface area contributed by atoms with Crippen LogP contribution in [0.1, 0.15) is 19.3 Å². The van der Waals surface area contributed by atoms with Crippen molar-refractivity contribution in [3.63, 3.8) is 0 Å². The van der Waals surface area contributed by atoms with Crippen LogP contribution in [0.25, 0.3) is 0 Å². The maximum absolute atomic E-state index is 12.0. The highest BCUT2D eigenvalue weighted by Crippen LogP contribution is 2.29. The SMILES string of the molecule is O=C(N=c1ccccn1CC1CC1)C1CCOC1. The lowest BCUT2D eigenvalue weighted by Crippen LogP contribution is -2.24. The van der Waals surface area contributed by atoms with Crippen LogP contribution in [0.2, 0.25) is 0 Å². The first-order valence-electron chi connectivity index (χ1n) is 6.65. The number of pyridine rings is 1. The Balaban J connectivity index is 1.82. The third-order valence-electron chi connectivity index (χ3n) is 3.57. The summed E-state index contributed by atoms with van der Waals surface area (Å²) in [6, 6.07) is 5.83. The molecule has 1 saturated heterocycles. The van der Waals surface area contributed by atoms with Gasteiger partial charge in [0.2, 0.25) is 0 Å². The minimum absolute atomic E-state index is 0.0387. The van der Waals surface area contributed by atoms with Gasteiger partial charge in [0.1, 0.15) is 5.49 Å². The van der Waals surface area contributed by atoms with E-state index in [2.05, 4.69) is 9.56 Å². The van der Waals surface area contributed by atoms with Gasteiger partial charge in [-0.1, -0.05) is 6.07 Å². The lowest BCUT2D eigenvalue weighted by atomic mass is 10.1. The van der Waals surface area contributed by atoms with E-state index in [9.17, 15) is 4.79 Å². The van der Waals surface area contributed by atoms with Gasteiger partial charge in [0, 0.05) is 19.3 Å². The van der Waals surface area contributed by atoms with E-state index < -0.39 is 0 Å². The fraction of sp³-hybridized carbons (Fsp3) is 0.571. The molecule has 2 heterocycles. The number of hydrogen-bond donors (Lipinski definition) is 0. The summed E-state index contributed by atoms with van der Waals surface area (Å²) in [6.07, 6.45) is 5.41. The molecular weight excluding hydrogens is 228 g/mol. The number of hydrogen-bond acceptors (Lipinski definition) is 2. The Morgan fingerprint density at radius 1 is 1.39 bits per heavy atom. The molecule has 18 heavy (non-hydrogen) atoms. The average molecular weight is 246 g/mol. The van der Waals surface area contributed by atoms with Gasteiger partial charge < -0.3 is 9.30 Å². The molecule has 4 nitrogen and oxygen atoms in total. The maximum Gasteiger partial charge on any atom is 0.253 e. The third-order valence-corrected chi connectivity index (χ3v) is 3.57. The van der Waals surface area contributed by atoms with Crippen LogP contribution < -0.4 is 5.49 Å². The molecule has 2 aliphatic rings. The lowest BCUT2D eigenvalue weighted by molar-refractivity contribution is -0.121. The van der Waals surface area contributed by atoms with Crippen molar-refractivity contribution in [2.45, 2.75) is 25.8 Å². The Bertz CT molecular complexity index is 497. The van der Waals surface area contributed by atoms with Gasteiger partial charge in [-0.3, -0.25) is 4.79 Å². The van der Waals surface area contributed by atoms with Crippen molar-refractivity contribution in [1.29, 1.82) is 0 Å². The van der Waals surface area contributed by atoms with Gasteiger partial charge in [-0.15, -0.1) is 0 Å². The summed E-state index contributed by atoms with van der Waals surface area (Å²) >= 11 is 0. The Kier molecular flexibility index (Phi) is 3.28. The van der Waals surface area contributed by atoms with Crippen molar-refractivity contribution in [3.8, 4) is 0 Å². The third kappa shape index (κ3) is 2.70. The van der Waals surface area contributed by atoms with Gasteiger partial charge in [0.15, 0.2) is 0 Å². The quantitative estimate of drug-likeness (QED) is 0.808. The Morgan fingerprint density at radius 3 is 3.00 bits per heavy atom. The first kappa shape index (κ1) is 11.7. The molecule has 0 spiro atoms. The van der Waals surface area contributed by atoms with Crippen LogP contribution in [0.3, 0.4) is 0 Å². The molecule has 4 heteroatoms. The predicted molar refractivity (Wildman–Crippen MR) is 66.7 cm³/mol. The standard InChI is InChI=1S/C14H18N2O2/c17-14(12-6-8-18-10-12)15-13-3-1-2-7-16(13)9-11-4-5-11/h1-3,7,11-12H,4-6,8-10H2. The van der Waals surface area contributed by atoms with E-state index in [0.717, 1.165) is 24.4 Å². The van der Waals surface area contributed by atoms with E-state index in [1.807, 2.05) is 24.4 Å². The van der Waals surface area contributed by atoms with Gasteiger partial charge in [-0.05, 0) is 37.3 Å². The van der Waals surface area contributed by atoms with Gasteiger partial charge in [0.25, 0.3) is 5.91 Å². The van der Waals surface area contributed by atoms with Crippen molar-refractivity contribution < 1.29 is 9.53 Å². The fourth-order valence-electron chi connectivity index (χ4n) is 2.24. The summed E-state index contributed by atoms with van der Waals surface area (Å²) in [6.45, 7) is 2.19. The van der Waals surface area contributed by atoms with Gasteiger partial charge >= 0.3 is 0 Å². The summed E-state index contributed by atoms with van der Waals surface area (Å²) < 4.78 is 7.32. The van der Waals surface area contributed by atoms with Crippen LogP contribution in [0.15, 0.2) is 29.4 Å². The maximum atomic E-state index is 12.0. The highest BCUT2D eigenvalue weighted by atomic mass is 16.5. The van der Waals surface area contributed by atoms with Crippen molar-refractivity contribution in [2.24, 2.45) is 16.8 Å². The molecule has 0 bridgehead atoms. The van der Waals surface area contributed by atoms with Crippen LogP contribution in [0.4, 0.5) is 0 Å².